The number of nitrogens with zero attached hydrogens (tertiary/aromatic N) is 2. The highest BCUT2D eigenvalue weighted by atomic mass is 16.6. The maximum absolute atomic E-state index is 11.7. The van der Waals surface area contributed by atoms with E-state index in [1.54, 1.807) is 0 Å². The van der Waals surface area contributed by atoms with Crippen LogP contribution in [0.4, 0.5) is 11.4 Å². The number of unbranched alkanes of at least 4 members (excludes halogenated alkanes) is 8. The van der Waals surface area contributed by atoms with Crippen LogP contribution < -0.4 is 0 Å². The van der Waals surface area contributed by atoms with Crippen molar-refractivity contribution in [2.45, 2.75) is 77.0 Å². The van der Waals surface area contributed by atoms with Crippen LogP contribution in [0.5, 0.6) is 0 Å². The number of aliphatic carboxylic acids is 1. The number of nitro groups is 2. The summed E-state index contributed by atoms with van der Waals surface area (Å²) in [7, 11) is 0. The first-order valence-corrected chi connectivity index (χ1v) is 9.54. The van der Waals surface area contributed by atoms with E-state index in [2.05, 4.69) is 6.92 Å². The van der Waals surface area contributed by atoms with Gasteiger partial charge < -0.3 is 5.11 Å². The van der Waals surface area contributed by atoms with E-state index in [9.17, 15) is 30.1 Å². The van der Waals surface area contributed by atoms with Crippen LogP contribution in [0.25, 0.3) is 0 Å². The first-order valence-electron chi connectivity index (χ1n) is 9.54. The van der Waals surface area contributed by atoms with Crippen molar-refractivity contribution < 1.29 is 19.7 Å². The Balaban J connectivity index is 2.71. The summed E-state index contributed by atoms with van der Waals surface area (Å²) < 4.78 is 0. The molecule has 0 amide bonds. The van der Waals surface area contributed by atoms with Gasteiger partial charge in [-0.1, -0.05) is 64.7 Å². The summed E-state index contributed by atoms with van der Waals surface area (Å²) in [5, 5.41) is 32.0. The lowest BCUT2D eigenvalue weighted by atomic mass is 9.90. The molecular formula is C19H28N2O6. The lowest BCUT2D eigenvalue weighted by molar-refractivity contribution is -0.395. The fraction of sp³-hybridized carbons (Fsp3) is 0.632. The smallest absolute Gasteiger partial charge is 0.311 e. The zero-order valence-corrected chi connectivity index (χ0v) is 15.8. The van der Waals surface area contributed by atoms with Gasteiger partial charge in [-0.3, -0.25) is 25.0 Å². The van der Waals surface area contributed by atoms with Gasteiger partial charge in [0.05, 0.1) is 15.8 Å². The highest BCUT2D eigenvalue weighted by molar-refractivity contribution is 5.80. The molecule has 1 N–H and O–H groups in total. The number of rotatable bonds is 14. The van der Waals surface area contributed by atoms with Gasteiger partial charge in [-0.2, -0.15) is 0 Å². The molecular weight excluding hydrogens is 352 g/mol. The van der Waals surface area contributed by atoms with Crippen LogP contribution in [0.3, 0.4) is 0 Å². The molecule has 0 aliphatic heterocycles. The van der Waals surface area contributed by atoms with Gasteiger partial charge >= 0.3 is 5.97 Å². The van der Waals surface area contributed by atoms with Crippen LogP contribution in [0.15, 0.2) is 18.2 Å². The fourth-order valence-corrected chi connectivity index (χ4v) is 3.27. The third-order valence-corrected chi connectivity index (χ3v) is 4.70. The highest BCUT2D eigenvalue weighted by Gasteiger charge is 2.35. The Hall–Kier alpha value is -2.51. The summed E-state index contributed by atoms with van der Waals surface area (Å²) in [5.74, 6) is -2.52. The van der Waals surface area contributed by atoms with Gasteiger partial charge in [-0.25, -0.2) is 0 Å². The molecule has 1 aromatic carbocycles. The van der Waals surface area contributed by atoms with Gasteiger partial charge in [0, 0.05) is 12.1 Å². The van der Waals surface area contributed by atoms with Gasteiger partial charge in [-0.05, 0) is 12.5 Å². The fourth-order valence-electron chi connectivity index (χ4n) is 3.27. The van der Waals surface area contributed by atoms with Crippen molar-refractivity contribution in [2.75, 3.05) is 0 Å². The third kappa shape index (κ3) is 7.32. The number of hydrogen-bond donors (Lipinski definition) is 1. The Kier molecular flexibility index (Phi) is 10.00. The predicted octanol–water partition coefficient (Wildman–Crippen LogP) is 5.59. The summed E-state index contributed by atoms with van der Waals surface area (Å²) in [5.41, 5.74) is -1.32. The van der Waals surface area contributed by atoms with E-state index in [0.717, 1.165) is 37.8 Å². The van der Waals surface area contributed by atoms with Crippen LogP contribution in [0.1, 0.15) is 82.6 Å². The highest BCUT2D eigenvalue weighted by Crippen LogP contribution is 2.37. The van der Waals surface area contributed by atoms with E-state index in [1.807, 2.05) is 0 Å². The molecule has 0 radical (unpaired) electrons. The Morgan fingerprint density at radius 3 is 1.78 bits per heavy atom. The molecule has 0 saturated carbocycles. The van der Waals surface area contributed by atoms with Gasteiger partial charge in [0.1, 0.15) is 5.56 Å². The van der Waals surface area contributed by atoms with Gasteiger partial charge in [0.2, 0.25) is 0 Å². The summed E-state index contributed by atoms with van der Waals surface area (Å²) in [6, 6.07) is 3.44. The average Bonchev–Trinajstić information content (AvgIpc) is 2.62. The topological polar surface area (TPSA) is 124 Å². The molecule has 0 aliphatic carbocycles. The Labute approximate surface area is 158 Å². The van der Waals surface area contributed by atoms with Crippen molar-refractivity contribution in [2.24, 2.45) is 0 Å². The minimum atomic E-state index is -1.27. The molecule has 8 nitrogen and oxygen atoms in total. The van der Waals surface area contributed by atoms with Gasteiger partial charge in [0.25, 0.3) is 11.4 Å². The largest absolute Gasteiger partial charge is 0.481 e. The van der Waals surface area contributed by atoms with Crippen molar-refractivity contribution in [3.8, 4) is 0 Å². The Morgan fingerprint density at radius 2 is 1.37 bits per heavy atom. The molecule has 0 spiro atoms. The molecule has 1 atom stereocenters. The lowest BCUT2D eigenvalue weighted by Crippen LogP contribution is -2.15. The maximum Gasteiger partial charge on any atom is 0.311 e. The van der Waals surface area contributed by atoms with Crippen molar-refractivity contribution in [1.82, 2.24) is 0 Å². The number of benzene rings is 1. The van der Waals surface area contributed by atoms with Crippen LogP contribution >= 0.6 is 0 Å². The SMILES string of the molecule is CCCCCCCCCCCC(C(=O)O)c1c([N+](=O)[O-])cccc1[N+](=O)[O-]. The molecule has 0 fully saturated rings. The molecule has 0 saturated heterocycles. The molecule has 0 aromatic heterocycles. The number of carbonyl (C=O) groups is 1. The summed E-state index contributed by atoms with van der Waals surface area (Å²) in [6.07, 6.45) is 9.61. The van der Waals surface area contributed by atoms with Crippen LogP contribution in [0, 0.1) is 20.2 Å². The van der Waals surface area contributed by atoms with Gasteiger partial charge in [-0.15, -0.1) is 0 Å². The predicted molar refractivity (Wildman–Crippen MR) is 102 cm³/mol. The number of carboxylic acids is 1. The van der Waals surface area contributed by atoms with Crippen LogP contribution in [0.2, 0.25) is 0 Å². The lowest BCUT2D eigenvalue weighted by Gasteiger charge is -2.13. The molecule has 1 unspecified atom stereocenters. The Morgan fingerprint density at radius 1 is 0.926 bits per heavy atom. The van der Waals surface area contributed by atoms with E-state index in [1.165, 1.54) is 31.7 Å². The van der Waals surface area contributed by atoms with Crippen molar-refractivity contribution in [1.29, 1.82) is 0 Å². The number of carboxylic acid groups (broad SMARTS) is 1. The molecule has 150 valence electrons. The molecule has 1 rings (SSSR count). The summed E-state index contributed by atoms with van der Waals surface area (Å²) in [4.78, 5) is 32.6. The minimum absolute atomic E-state index is 0.150. The van der Waals surface area contributed by atoms with Crippen LogP contribution in [-0.2, 0) is 4.79 Å². The number of hydrogen-bond acceptors (Lipinski definition) is 5. The second-order valence-electron chi connectivity index (χ2n) is 6.73. The summed E-state index contributed by atoms with van der Waals surface area (Å²) >= 11 is 0. The van der Waals surface area contributed by atoms with E-state index < -0.39 is 33.1 Å². The first-order chi connectivity index (χ1) is 12.9. The molecule has 0 bridgehead atoms. The monoisotopic (exact) mass is 380 g/mol. The summed E-state index contributed by atoms with van der Waals surface area (Å²) in [6.45, 7) is 2.17. The maximum atomic E-state index is 11.7. The van der Waals surface area contributed by atoms with Gasteiger partial charge in [0.15, 0.2) is 0 Å². The van der Waals surface area contributed by atoms with E-state index in [0.29, 0.717) is 6.42 Å². The van der Waals surface area contributed by atoms with E-state index >= 15 is 0 Å². The second-order valence-corrected chi connectivity index (χ2v) is 6.73. The van der Waals surface area contributed by atoms with Crippen molar-refractivity contribution in [3.63, 3.8) is 0 Å². The first kappa shape index (κ1) is 22.5. The van der Waals surface area contributed by atoms with E-state index in [4.69, 9.17) is 0 Å². The standard InChI is InChI=1S/C19H28N2O6/c1-2-3-4-5-6-7-8-9-10-12-15(19(22)23)18-16(20(24)25)13-11-14-17(18)21(26)27/h11,13-15H,2-10,12H2,1H3,(H,22,23). The Bertz CT molecular complexity index is 615. The normalized spacial score (nSPS) is 11.9. The molecule has 1 aromatic rings. The van der Waals surface area contributed by atoms with Crippen molar-refractivity contribution in [3.05, 3.63) is 44.0 Å². The molecule has 0 aliphatic rings. The van der Waals surface area contributed by atoms with Crippen molar-refractivity contribution >= 4 is 17.3 Å². The second kappa shape index (κ2) is 12.0. The zero-order chi connectivity index (χ0) is 20.2. The number of nitro benzene ring substituents is 2. The third-order valence-electron chi connectivity index (χ3n) is 4.70. The zero-order valence-electron chi connectivity index (χ0n) is 15.8. The molecule has 8 heteroatoms. The minimum Gasteiger partial charge on any atom is -0.481 e. The quantitative estimate of drug-likeness (QED) is 0.255. The van der Waals surface area contributed by atoms with E-state index in [-0.39, 0.29) is 12.0 Å². The average molecular weight is 380 g/mol. The molecule has 0 heterocycles. The van der Waals surface area contributed by atoms with Crippen LogP contribution in [-0.4, -0.2) is 20.9 Å². The molecule has 27 heavy (non-hydrogen) atoms.